The smallest absolute Gasteiger partial charge is 0.326 e. The minimum atomic E-state index is -3.49. The van der Waals surface area contributed by atoms with Crippen LogP contribution in [0.1, 0.15) is 24.3 Å². The van der Waals surface area contributed by atoms with Gasteiger partial charge in [-0.05, 0) is 24.1 Å². The van der Waals surface area contributed by atoms with Gasteiger partial charge < -0.3 is 10.6 Å². The van der Waals surface area contributed by atoms with Gasteiger partial charge in [0.2, 0.25) is 0 Å². The minimum absolute atomic E-state index is 0. The molecule has 1 aromatic heterocycles. The lowest BCUT2D eigenvalue weighted by Gasteiger charge is -2.38. The maximum Gasteiger partial charge on any atom is 0.326 e. The van der Waals surface area contributed by atoms with Crippen molar-refractivity contribution in [3.05, 3.63) is 48.0 Å². The van der Waals surface area contributed by atoms with Crippen LogP contribution >= 0.6 is 12.4 Å². The van der Waals surface area contributed by atoms with E-state index in [9.17, 15) is 18.0 Å². The molecule has 1 aromatic carbocycles. The molecule has 0 spiro atoms. The SMILES string of the molecule is Cl.N[C@@H]1CN(C(=O)C(F)(F)CCn2ccnn2)CC[C@H]1c1ccc(F)cc1. The van der Waals surface area contributed by atoms with Crippen molar-refractivity contribution in [1.82, 2.24) is 19.9 Å². The van der Waals surface area contributed by atoms with E-state index in [4.69, 9.17) is 5.73 Å². The maximum absolute atomic E-state index is 14.3. The van der Waals surface area contributed by atoms with Gasteiger partial charge in [-0.15, -0.1) is 17.5 Å². The molecule has 2 aromatic rings. The van der Waals surface area contributed by atoms with Crippen LogP contribution in [-0.2, 0) is 11.3 Å². The van der Waals surface area contributed by atoms with Gasteiger partial charge in [-0.25, -0.2) is 4.39 Å². The van der Waals surface area contributed by atoms with Crippen LogP contribution in [0.25, 0.3) is 0 Å². The van der Waals surface area contributed by atoms with Crippen LogP contribution in [0.5, 0.6) is 0 Å². The second-order valence-electron chi connectivity index (χ2n) is 6.48. The molecule has 0 unspecified atom stereocenters. The topological polar surface area (TPSA) is 77.0 Å². The summed E-state index contributed by atoms with van der Waals surface area (Å²) in [5.74, 6) is -5.15. The average molecular weight is 404 g/mol. The van der Waals surface area contributed by atoms with E-state index >= 15 is 0 Å². The molecule has 3 rings (SSSR count). The highest BCUT2D eigenvalue weighted by atomic mass is 35.5. The molecule has 0 bridgehead atoms. The number of nitrogens with zero attached hydrogens (tertiary/aromatic N) is 4. The van der Waals surface area contributed by atoms with Crippen LogP contribution in [0.3, 0.4) is 0 Å². The average Bonchev–Trinajstić information content (AvgIpc) is 3.14. The van der Waals surface area contributed by atoms with Crippen LogP contribution in [0.2, 0.25) is 0 Å². The van der Waals surface area contributed by atoms with Crippen molar-refractivity contribution in [3.8, 4) is 0 Å². The zero-order valence-electron chi connectivity index (χ0n) is 14.5. The summed E-state index contributed by atoms with van der Waals surface area (Å²) in [5, 5.41) is 7.16. The zero-order chi connectivity index (χ0) is 18.7. The Hall–Kier alpha value is -2.13. The summed E-state index contributed by atoms with van der Waals surface area (Å²) in [4.78, 5) is 13.4. The number of nitrogens with two attached hydrogens (primary N) is 1. The molecule has 6 nitrogen and oxygen atoms in total. The quantitative estimate of drug-likeness (QED) is 0.830. The van der Waals surface area contributed by atoms with Crippen molar-refractivity contribution >= 4 is 18.3 Å². The normalized spacial score (nSPS) is 20.2. The molecule has 1 aliphatic heterocycles. The fraction of sp³-hybridized carbons (Fsp3) is 0.471. The number of piperidine rings is 1. The van der Waals surface area contributed by atoms with Gasteiger partial charge >= 0.3 is 5.92 Å². The van der Waals surface area contributed by atoms with E-state index < -0.39 is 24.3 Å². The van der Waals surface area contributed by atoms with Gasteiger partial charge in [0.15, 0.2) is 0 Å². The highest BCUT2D eigenvalue weighted by Crippen LogP contribution is 2.30. The van der Waals surface area contributed by atoms with Crippen LogP contribution in [-0.4, -0.2) is 50.9 Å². The van der Waals surface area contributed by atoms with Crippen LogP contribution in [0, 0.1) is 5.82 Å². The van der Waals surface area contributed by atoms with Crippen LogP contribution in [0.4, 0.5) is 13.2 Å². The second-order valence-corrected chi connectivity index (χ2v) is 6.48. The summed E-state index contributed by atoms with van der Waals surface area (Å²) in [6.07, 6.45) is 2.66. The van der Waals surface area contributed by atoms with E-state index in [1.807, 2.05) is 0 Å². The number of likely N-dealkylation sites (tertiary alicyclic amines) is 1. The van der Waals surface area contributed by atoms with E-state index in [0.29, 0.717) is 6.42 Å². The largest absolute Gasteiger partial charge is 0.336 e. The number of alkyl halides is 2. The van der Waals surface area contributed by atoms with Gasteiger partial charge in [0.1, 0.15) is 5.82 Å². The Balaban J connectivity index is 0.00000261. The summed E-state index contributed by atoms with van der Waals surface area (Å²) >= 11 is 0. The van der Waals surface area contributed by atoms with E-state index in [1.54, 1.807) is 12.1 Å². The molecule has 2 heterocycles. The number of benzene rings is 1. The third kappa shape index (κ3) is 4.98. The van der Waals surface area contributed by atoms with Gasteiger partial charge in [0, 0.05) is 44.2 Å². The van der Waals surface area contributed by atoms with Crippen molar-refractivity contribution in [3.63, 3.8) is 0 Å². The molecule has 1 saturated heterocycles. The first-order valence-corrected chi connectivity index (χ1v) is 8.39. The lowest BCUT2D eigenvalue weighted by molar-refractivity contribution is -0.160. The molecule has 10 heteroatoms. The standard InChI is InChI=1S/C17H20F3N5O.ClH/c18-13-3-1-12(2-4-13)14-5-8-24(11-15(14)21)16(26)17(19,20)6-9-25-10-7-22-23-25;/h1-4,7,10,14-15H,5-6,8-9,11,21H2;1H/t14-,15+;/m0./s1. The number of amides is 1. The molecule has 1 fully saturated rings. The molecular weight excluding hydrogens is 383 g/mol. The Morgan fingerprint density at radius 2 is 2.00 bits per heavy atom. The number of hydrogen-bond acceptors (Lipinski definition) is 4. The van der Waals surface area contributed by atoms with Crippen molar-refractivity contribution in [2.24, 2.45) is 5.73 Å². The van der Waals surface area contributed by atoms with E-state index in [0.717, 1.165) is 10.5 Å². The van der Waals surface area contributed by atoms with Gasteiger partial charge in [0.25, 0.3) is 5.91 Å². The molecule has 0 aliphatic carbocycles. The van der Waals surface area contributed by atoms with Crippen molar-refractivity contribution in [1.29, 1.82) is 0 Å². The van der Waals surface area contributed by atoms with Gasteiger partial charge in [-0.1, -0.05) is 17.3 Å². The molecule has 1 aliphatic rings. The summed E-state index contributed by atoms with van der Waals surface area (Å²) < 4.78 is 42.8. The summed E-state index contributed by atoms with van der Waals surface area (Å²) in [7, 11) is 0. The molecular formula is C17H21ClF3N5O. The molecule has 2 atom stereocenters. The zero-order valence-corrected chi connectivity index (χ0v) is 15.3. The Morgan fingerprint density at radius 3 is 2.59 bits per heavy atom. The van der Waals surface area contributed by atoms with Gasteiger partial charge in [-0.2, -0.15) is 8.78 Å². The van der Waals surface area contributed by atoms with Crippen LogP contribution < -0.4 is 5.73 Å². The molecule has 2 N–H and O–H groups in total. The summed E-state index contributed by atoms with van der Waals surface area (Å²) in [6.45, 7) is 0.129. The number of rotatable bonds is 5. The van der Waals surface area contributed by atoms with E-state index in [1.165, 1.54) is 29.2 Å². The van der Waals surface area contributed by atoms with Crippen molar-refractivity contribution in [2.75, 3.05) is 13.1 Å². The van der Waals surface area contributed by atoms with Crippen LogP contribution in [0.15, 0.2) is 36.7 Å². The fourth-order valence-electron chi connectivity index (χ4n) is 3.24. The molecule has 1 amide bonds. The molecule has 0 radical (unpaired) electrons. The number of hydrogen-bond donors (Lipinski definition) is 1. The Labute approximate surface area is 160 Å². The second kappa shape index (κ2) is 8.71. The number of carbonyl (C=O) groups is 1. The molecule has 0 saturated carbocycles. The Bertz CT molecular complexity index is 742. The fourth-order valence-corrected chi connectivity index (χ4v) is 3.24. The van der Waals surface area contributed by atoms with Crippen molar-refractivity contribution in [2.45, 2.75) is 37.3 Å². The van der Waals surface area contributed by atoms with Gasteiger partial charge in [-0.3, -0.25) is 9.48 Å². The Kier molecular flexibility index (Phi) is 6.83. The predicted molar refractivity (Wildman–Crippen MR) is 95.1 cm³/mol. The highest BCUT2D eigenvalue weighted by molar-refractivity contribution is 5.85. The predicted octanol–water partition coefficient (Wildman–Crippen LogP) is 2.21. The van der Waals surface area contributed by atoms with Gasteiger partial charge in [0.05, 0.1) is 6.20 Å². The van der Waals surface area contributed by atoms with E-state index in [-0.39, 0.29) is 43.8 Å². The third-order valence-corrected chi connectivity index (χ3v) is 4.68. The summed E-state index contributed by atoms with van der Waals surface area (Å²) in [6, 6.07) is 5.49. The molecule has 27 heavy (non-hydrogen) atoms. The first-order valence-electron chi connectivity index (χ1n) is 8.39. The lowest BCUT2D eigenvalue weighted by Crippen LogP contribution is -2.54. The number of aromatic nitrogens is 3. The van der Waals surface area contributed by atoms with E-state index in [2.05, 4.69) is 10.3 Å². The first kappa shape index (κ1) is 21.2. The maximum atomic E-state index is 14.3. The monoisotopic (exact) mass is 403 g/mol. The van der Waals surface area contributed by atoms with Crippen molar-refractivity contribution < 1.29 is 18.0 Å². The number of carbonyl (C=O) groups excluding carboxylic acids is 1. The minimum Gasteiger partial charge on any atom is -0.336 e. The Morgan fingerprint density at radius 1 is 1.30 bits per heavy atom. The number of aryl methyl sites for hydroxylation is 1. The molecule has 148 valence electrons. The first-order chi connectivity index (χ1) is 12.4. The third-order valence-electron chi connectivity index (χ3n) is 4.68. The highest BCUT2D eigenvalue weighted by Gasteiger charge is 2.44. The lowest BCUT2D eigenvalue weighted by atomic mass is 9.85. The summed E-state index contributed by atoms with van der Waals surface area (Å²) in [5.41, 5.74) is 6.97. The number of halogens is 4.